The summed E-state index contributed by atoms with van der Waals surface area (Å²) in [4.78, 5) is 21.6. The van der Waals surface area contributed by atoms with Gasteiger partial charge < -0.3 is 29.8 Å². The van der Waals surface area contributed by atoms with E-state index >= 15 is 0 Å². The first kappa shape index (κ1) is 36.5. The number of hydrogen-bond acceptors (Lipinski definition) is 8. The first-order chi connectivity index (χ1) is 20.5. The van der Waals surface area contributed by atoms with Crippen molar-refractivity contribution in [2.24, 2.45) is 0 Å². The lowest BCUT2D eigenvalue weighted by Crippen LogP contribution is -2.17. The van der Waals surface area contributed by atoms with E-state index in [0.29, 0.717) is 62.9 Å². The topological polar surface area (TPSA) is 144 Å². The Hall–Kier alpha value is -1.71. The van der Waals surface area contributed by atoms with Crippen LogP contribution in [0.5, 0.6) is 0 Å². The van der Waals surface area contributed by atoms with E-state index in [9.17, 15) is 9.36 Å². The first-order valence-corrected chi connectivity index (χ1v) is 18.2. The van der Waals surface area contributed by atoms with Crippen molar-refractivity contribution in [1.82, 2.24) is 20.3 Å². The first-order valence-electron chi connectivity index (χ1n) is 16.5. The van der Waals surface area contributed by atoms with Crippen molar-refractivity contribution in [3.63, 3.8) is 0 Å². The third kappa shape index (κ3) is 15.7. The number of aromatic nitrogens is 3. The van der Waals surface area contributed by atoms with Crippen LogP contribution in [-0.2, 0) is 24.9 Å². The Morgan fingerprint density at radius 2 is 1.45 bits per heavy atom. The summed E-state index contributed by atoms with van der Waals surface area (Å²) in [6, 6.07) is 0. The van der Waals surface area contributed by atoms with Crippen molar-refractivity contribution in [2.75, 3.05) is 44.9 Å². The zero-order chi connectivity index (χ0) is 30.3. The number of nitrogens with zero attached hydrogens (tertiary/aromatic N) is 1. The Morgan fingerprint density at radius 1 is 0.833 bits per heavy atom. The van der Waals surface area contributed by atoms with Crippen LogP contribution in [0.4, 0.5) is 5.95 Å². The average molecular weight is 612 g/mol. The van der Waals surface area contributed by atoms with E-state index in [-0.39, 0.29) is 11.5 Å². The van der Waals surface area contributed by atoms with Crippen LogP contribution in [-0.4, -0.2) is 54.1 Å². The molecule has 2 rings (SSSR count). The summed E-state index contributed by atoms with van der Waals surface area (Å²) in [5, 5.41) is 3.30. The fourth-order valence-electron chi connectivity index (χ4n) is 5.07. The lowest BCUT2D eigenvalue weighted by Gasteiger charge is -2.18. The van der Waals surface area contributed by atoms with Gasteiger partial charge in [0.25, 0.3) is 5.56 Å². The van der Waals surface area contributed by atoms with Crippen molar-refractivity contribution in [1.29, 1.82) is 0 Å². The number of hydrogen-bond donors (Lipinski definition) is 4. The number of unbranched alkanes of at least 4 members (excludes halogenated alkanes) is 13. The highest BCUT2D eigenvalue weighted by atomic mass is 31.2. The Bertz CT molecular complexity index is 1060. The van der Waals surface area contributed by atoms with Crippen LogP contribution in [0.15, 0.2) is 11.0 Å². The number of aromatic amines is 2. The third-order valence-corrected chi connectivity index (χ3v) is 9.51. The van der Waals surface area contributed by atoms with Gasteiger partial charge >= 0.3 is 7.60 Å². The van der Waals surface area contributed by atoms with Gasteiger partial charge in [-0.3, -0.25) is 14.3 Å². The van der Waals surface area contributed by atoms with E-state index in [1.54, 1.807) is 6.20 Å². The molecular formula is C31H58N5O5P. The van der Waals surface area contributed by atoms with Gasteiger partial charge in [0, 0.05) is 31.5 Å². The standard InChI is InChI=1S/C31H58N5O5P/c1-3-5-6-7-8-9-10-11-12-13-14-15-16-17-21-39-22-19-23-41-42(38,40-4-2)24-18-20-33-25-27-26-34-29-28(27)35-31(32)36-30(29)37/h26,33-34H,3-25H2,1-2H3,(H3,32,35,36,37). The minimum Gasteiger partial charge on any atom is -0.381 e. The molecule has 2 aromatic heterocycles. The summed E-state index contributed by atoms with van der Waals surface area (Å²) in [6.45, 7) is 7.32. The number of ether oxygens (including phenoxy) is 1. The number of nitrogens with one attached hydrogen (secondary N) is 3. The highest BCUT2D eigenvalue weighted by Crippen LogP contribution is 2.48. The fraction of sp³-hybridized carbons (Fsp3) is 0.806. The Balaban J connectivity index is 1.43. The molecule has 242 valence electrons. The van der Waals surface area contributed by atoms with E-state index < -0.39 is 7.60 Å². The maximum absolute atomic E-state index is 13.1. The van der Waals surface area contributed by atoms with Crippen LogP contribution in [0, 0.1) is 0 Å². The van der Waals surface area contributed by atoms with Gasteiger partial charge in [0.2, 0.25) is 5.95 Å². The molecule has 0 saturated carbocycles. The van der Waals surface area contributed by atoms with Crippen LogP contribution < -0.4 is 16.6 Å². The molecule has 1 unspecified atom stereocenters. The van der Waals surface area contributed by atoms with E-state index in [0.717, 1.165) is 18.6 Å². The van der Waals surface area contributed by atoms with Gasteiger partial charge in [-0.15, -0.1) is 0 Å². The van der Waals surface area contributed by atoms with Crippen molar-refractivity contribution in [2.45, 2.75) is 123 Å². The van der Waals surface area contributed by atoms with Crippen molar-refractivity contribution >= 4 is 24.6 Å². The largest absolute Gasteiger partial charge is 0.381 e. The zero-order valence-electron chi connectivity index (χ0n) is 26.4. The summed E-state index contributed by atoms with van der Waals surface area (Å²) in [6.07, 6.45) is 22.3. The smallest absolute Gasteiger partial charge is 0.330 e. The molecule has 2 aromatic rings. The van der Waals surface area contributed by atoms with Gasteiger partial charge in [-0.1, -0.05) is 90.4 Å². The molecule has 0 radical (unpaired) electrons. The Morgan fingerprint density at radius 3 is 2.10 bits per heavy atom. The van der Waals surface area contributed by atoms with Gasteiger partial charge in [0.05, 0.1) is 19.4 Å². The molecule has 0 aliphatic rings. The van der Waals surface area contributed by atoms with Crippen LogP contribution in [0.2, 0.25) is 0 Å². The molecule has 1 atom stereocenters. The van der Waals surface area contributed by atoms with Gasteiger partial charge in [-0.2, -0.15) is 0 Å². The van der Waals surface area contributed by atoms with Crippen LogP contribution in [0.25, 0.3) is 11.0 Å². The Kier molecular flexibility index (Phi) is 19.8. The monoisotopic (exact) mass is 611 g/mol. The number of fused-ring (bicyclic) bond motifs is 1. The number of nitrogen functional groups attached to an aromatic ring is 1. The molecule has 0 aliphatic carbocycles. The minimum absolute atomic E-state index is 0.0864. The predicted molar refractivity (Wildman–Crippen MR) is 173 cm³/mol. The van der Waals surface area contributed by atoms with E-state index in [4.69, 9.17) is 19.5 Å². The van der Waals surface area contributed by atoms with E-state index in [1.807, 2.05) is 6.92 Å². The van der Waals surface area contributed by atoms with Crippen LogP contribution in [0.3, 0.4) is 0 Å². The molecule has 0 saturated heterocycles. The highest BCUT2D eigenvalue weighted by Gasteiger charge is 2.23. The lowest BCUT2D eigenvalue weighted by atomic mass is 10.0. The van der Waals surface area contributed by atoms with Crippen LogP contribution >= 0.6 is 7.60 Å². The van der Waals surface area contributed by atoms with Crippen molar-refractivity contribution in [3.8, 4) is 0 Å². The third-order valence-electron chi connectivity index (χ3n) is 7.42. The van der Waals surface area contributed by atoms with Gasteiger partial charge in [-0.25, -0.2) is 4.98 Å². The summed E-state index contributed by atoms with van der Waals surface area (Å²) in [5.74, 6) is 0.0864. The maximum atomic E-state index is 13.1. The molecule has 0 bridgehead atoms. The molecule has 42 heavy (non-hydrogen) atoms. The number of anilines is 1. The molecule has 0 amide bonds. The summed E-state index contributed by atoms with van der Waals surface area (Å²) >= 11 is 0. The predicted octanol–water partition coefficient (Wildman–Crippen LogP) is 7.45. The maximum Gasteiger partial charge on any atom is 0.330 e. The second kappa shape index (κ2) is 22.8. The minimum atomic E-state index is -3.14. The van der Waals surface area contributed by atoms with E-state index in [2.05, 4.69) is 27.2 Å². The van der Waals surface area contributed by atoms with Gasteiger partial charge in [0.1, 0.15) is 11.0 Å². The lowest BCUT2D eigenvalue weighted by molar-refractivity contribution is 0.111. The number of nitrogens with two attached hydrogens (primary N) is 1. The number of H-pyrrole nitrogens is 2. The van der Waals surface area contributed by atoms with E-state index in [1.165, 1.54) is 83.5 Å². The van der Waals surface area contributed by atoms with Gasteiger partial charge in [-0.05, 0) is 32.7 Å². The highest BCUT2D eigenvalue weighted by molar-refractivity contribution is 7.53. The molecule has 10 nitrogen and oxygen atoms in total. The molecule has 5 N–H and O–H groups in total. The Labute approximate surface area is 253 Å². The fourth-order valence-corrected chi connectivity index (χ4v) is 6.75. The average Bonchev–Trinajstić information content (AvgIpc) is 3.37. The molecule has 0 fully saturated rings. The van der Waals surface area contributed by atoms with Crippen molar-refractivity contribution < 1.29 is 18.3 Å². The van der Waals surface area contributed by atoms with Crippen molar-refractivity contribution in [3.05, 3.63) is 22.1 Å². The number of rotatable bonds is 28. The normalized spacial score (nSPS) is 13.2. The van der Waals surface area contributed by atoms with Gasteiger partial charge in [0.15, 0.2) is 0 Å². The second-order valence-corrected chi connectivity index (χ2v) is 13.4. The quantitative estimate of drug-likeness (QED) is 0.0574. The summed E-state index contributed by atoms with van der Waals surface area (Å²) in [5.41, 5.74) is 7.18. The molecule has 0 aromatic carbocycles. The molecule has 0 spiro atoms. The SMILES string of the molecule is CCCCCCCCCCCCCCCCOCCCOP(=O)(CCCNCc1c[nH]c2c(=O)[nH]c(N)nc12)OCC. The summed E-state index contributed by atoms with van der Waals surface area (Å²) < 4.78 is 30.0. The molecule has 11 heteroatoms. The molecule has 0 aliphatic heterocycles. The zero-order valence-corrected chi connectivity index (χ0v) is 27.2. The second-order valence-electron chi connectivity index (χ2n) is 11.2. The molecule has 2 heterocycles. The summed E-state index contributed by atoms with van der Waals surface area (Å²) in [7, 11) is -3.14. The molecular weight excluding hydrogens is 553 g/mol. The van der Waals surface area contributed by atoms with Crippen LogP contribution in [0.1, 0.15) is 122 Å².